The van der Waals surface area contributed by atoms with Crippen LogP contribution in [0.1, 0.15) is 38.8 Å². The van der Waals surface area contributed by atoms with Gasteiger partial charge in [0, 0.05) is 38.6 Å². The van der Waals surface area contributed by atoms with Gasteiger partial charge in [-0.25, -0.2) is 8.42 Å². The number of aromatic nitrogens is 1. The summed E-state index contributed by atoms with van der Waals surface area (Å²) in [5, 5.41) is 3.23. The minimum atomic E-state index is -3.34. The number of nitrogens with one attached hydrogen (secondary N) is 1. The van der Waals surface area contributed by atoms with E-state index < -0.39 is 10.0 Å². The summed E-state index contributed by atoms with van der Waals surface area (Å²) in [7, 11) is -1.44. The molecule has 6 heteroatoms. The van der Waals surface area contributed by atoms with E-state index in [1.807, 2.05) is 18.5 Å². The Morgan fingerprint density at radius 3 is 2.52 bits per heavy atom. The minimum absolute atomic E-state index is 0.424. The van der Waals surface area contributed by atoms with Crippen molar-refractivity contribution in [3.05, 3.63) is 18.0 Å². The van der Waals surface area contributed by atoms with E-state index in [0.29, 0.717) is 30.4 Å². The standard InChI is InChI=1S/C15H27N3O2S/c1-4-13-6-8-18(9-7-13)21(19,20)15-10-14(11-16-5-2)17(3)12-15/h10,12-13,16H,4-9,11H2,1-3H3. The predicted molar refractivity (Wildman–Crippen MR) is 84.6 cm³/mol. The molecule has 2 heterocycles. The molecule has 21 heavy (non-hydrogen) atoms. The summed E-state index contributed by atoms with van der Waals surface area (Å²) >= 11 is 0. The van der Waals surface area contributed by atoms with Gasteiger partial charge in [0.2, 0.25) is 10.0 Å². The normalized spacial score (nSPS) is 18.2. The van der Waals surface area contributed by atoms with E-state index in [9.17, 15) is 8.42 Å². The van der Waals surface area contributed by atoms with Crippen molar-refractivity contribution in [2.45, 2.75) is 44.6 Å². The Kier molecular flexibility index (Phi) is 5.46. The zero-order chi connectivity index (χ0) is 15.5. The number of hydrogen-bond donors (Lipinski definition) is 1. The second-order valence-corrected chi connectivity index (χ2v) is 7.75. The highest BCUT2D eigenvalue weighted by Crippen LogP contribution is 2.26. The van der Waals surface area contributed by atoms with Crippen LogP contribution in [0.2, 0.25) is 0 Å². The van der Waals surface area contributed by atoms with Gasteiger partial charge in [0.25, 0.3) is 0 Å². The van der Waals surface area contributed by atoms with E-state index in [4.69, 9.17) is 0 Å². The number of aryl methyl sites for hydroxylation is 1. The molecule has 0 spiro atoms. The van der Waals surface area contributed by atoms with Gasteiger partial charge in [-0.15, -0.1) is 0 Å². The maximum atomic E-state index is 12.7. The molecular weight excluding hydrogens is 286 g/mol. The number of piperidine rings is 1. The number of nitrogens with zero attached hydrogens (tertiary/aromatic N) is 2. The average Bonchev–Trinajstić information content (AvgIpc) is 2.87. The molecule has 0 radical (unpaired) electrons. The van der Waals surface area contributed by atoms with Crippen molar-refractivity contribution in [2.24, 2.45) is 13.0 Å². The van der Waals surface area contributed by atoms with Crippen molar-refractivity contribution in [2.75, 3.05) is 19.6 Å². The van der Waals surface area contributed by atoms with Crippen molar-refractivity contribution < 1.29 is 8.42 Å². The Bertz CT molecular complexity index is 557. The van der Waals surface area contributed by atoms with Crippen LogP contribution >= 0.6 is 0 Å². The van der Waals surface area contributed by atoms with Gasteiger partial charge >= 0.3 is 0 Å². The first-order valence-corrected chi connectivity index (χ1v) is 9.29. The van der Waals surface area contributed by atoms with Crippen molar-refractivity contribution in [3.8, 4) is 0 Å². The maximum absolute atomic E-state index is 12.7. The summed E-state index contributed by atoms with van der Waals surface area (Å²) < 4.78 is 29.0. The third-order valence-electron chi connectivity index (χ3n) is 4.43. The molecule has 1 fully saturated rings. The van der Waals surface area contributed by atoms with Crippen molar-refractivity contribution in [1.82, 2.24) is 14.2 Å². The van der Waals surface area contributed by atoms with Crippen molar-refractivity contribution >= 4 is 10.0 Å². The van der Waals surface area contributed by atoms with Gasteiger partial charge < -0.3 is 9.88 Å². The third-order valence-corrected chi connectivity index (χ3v) is 6.29. The second kappa shape index (κ2) is 6.94. The van der Waals surface area contributed by atoms with E-state index in [2.05, 4.69) is 12.2 Å². The van der Waals surface area contributed by atoms with Crippen LogP contribution in [0.25, 0.3) is 0 Å². The fourth-order valence-corrected chi connectivity index (χ4v) is 4.42. The van der Waals surface area contributed by atoms with Crippen LogP contribution in [0.4, 0.5) is 0 Å². The fourth-order valence-electron chi connectivity index (χ4n) is 2.85. The van der Waals surface area contributed by atoms with Crippen LogP contribution in [-0.4, -0.2) is 36.9 Å². The Labute approximate surface area is 128 Å². The van der Waals surface area contributed by atoms with Gasteiger partial charge in [-0.2, -0.15) is 4.31 Å². The first kappa shape index (κ1) is 16.5. The van der Waals surface area contributed by atoms with Gasteiger partial charge in [0.15, 0.2) is 0 Å². The highest BCUT2D eigenvalue weighted by atomic mass is 32.2. The second-order valence-electron chi connectivity index (χ2n) is 5.81. The molecule has 0 atom stereocenters. The molecule has 5 nitrogen and oxygen atoms in total. The summed E-state index contributed by atoms with van der Waals surface area (Å²) in [4.78, 5) is 0.424. The van der Waals surface area contributed by atoms with Gasteiger partial charge in [0.1, 0.15) is 4.90 Å². The molecule has 0 aromatic carbocycles. The zero-order valence-corrected chi connectivity index (χ0v) is 14.1. The Hall–Kier alpha value is -0.850. The predicted octanol–water partition coefficient (Wildman–Crippen LogP) is 1.95. The number of rotatable bonds is 6. The van der Waals surface area contributed by atoms with Gasteiger partial charge in [-0.3, -0.25) is 0 Å². The Morgan fingerprint density at radius 2 is 1.95 bits per heavy atom. The molecule has 1 saturated heterocycles. The van der Waals surface area contributed by atoms with Crippen LogP contribution in [0, 0.1) is 5.92 Å². The molecule has 0 bridgehead atoms. The van der Waals surface area contributed by atoms with Gasteiger partial charge in [-0.05, 0) is 31.4 Å². The average molecular weight is 313 g/mol. The minimum Gasteiger partial charge on any atom is -0.352 e. The van der Waals surface area contributed by atoms with E-state index >= 15 is 0 Å². The van der Waals surface area contributed by atoms with Crippen LogP contribution < -0.4 is 5.32 Å². The molecule has 120 valence electrons. The summed E-state index contributed by atoms with van der Waals surface area (Å²) in [6, 6.07) is 1.80. The van der Waals surface area contributed by atoms with Crippen LogP contribution in [0.3, 0.4) is 0 Å². The SMILES string of the molecule is CCNCc1cc(S(=O)(=O)N2CCC(CC)CC2)cn1C. The van der Waals surface area contributed by atoms with Crippen LogP contribution in [0.5, 0.6) is 0 Å². The van der Waals surface area contributed by atoms with E-state index in [1.54, 1.807) is 16.6 Å². The van der Waals surface area contributed by atoms with E-state index in [0.717, 1.165) is 31.5 Å². The molecule has 1 aromatic heterocycles. The van der Waals surface area contributed by atoms with Gasteiger partial charge in [-0.1, -0.05) is 20.3 Å². The summed E-state index contributed by atoms with van der Waals surface area (Å²) in [5.41, 5.74) is 0.999. The highest BCUT2D eigenvalue weighted by Gasteiger charge is 2.29. The zero-order valence-electron chi connectivity index (χ0n) is 13.3. The van der Waals surface area contributed by atoms with Gasteiger partial charge in [0.05, 0.1) is 0 Å². The van der Waals surface area contributed by atoms with Crippen LogP contribution in [0.15, 0.2) is 17.2 Å². The number of sulfonamides is 1. The Balaban J connectivity index is 2.13. The summed E-state index contributed by atoms with van der Waals surface area (Å²) in [5.74, 6) is 0.677. The lowest BCUT2D eigenvalue weighted by molar-refractivity contribution is 0.269. The largest absolute Gasteiger partial charge is 0.352 e. The summed E-state index contributed by atoms with van der Waals surface area (Å²) in [6.07, 6.45) is 4.83. The molecule has 0 unspecified atom stereocenters. The Morgan fingerprint density at radius 1 is 1.29 bits per heavy atom. The molecule has 0 amide bonds. The monoisotopic (exact) mass is 313 g/mol. The number of hydrogen-bond acceptors (Lipinski definition) is 3. The lowest BCUT2D eigenvalue weighted by Crippen LogP contribution is -2.38. The molecule has 1 N–H and O–H groups in total. The first-order chi connectivity index (χ1) is 9.98. The third kappa shape index (κ3) is 3.67. The summed E-state index contributed by atoms with van der Waals surface area (Å²) in [6.45, 7) is 7.09. The van der Waals surface area contributed by atoms with Crippen molar-refractivity contribution in [3.63, 3.8) is 0 Å². The lowest BCUT2D eigenvalue weighted by atomic mass is 9.96. The quantitative estimate of drug-likeness (QED) is 0.873. The van der Waals surface area contributed by atoms with Crippen LogP contribution in [-0.2, 0) is 23.6 Å². The van der Waals surface area contributed by atoms with E-state index in [1.165, 1.54) is 0 Å². The molecule has 0 saturated carbocycles. The molecular formula is C15H27N3O2S. The molecule has 0 aliphatic carbocycles. The first-order valence-electron chi connectivity index (χ1n) is 7.85. The lowest BCUT2D eigenvalue weighted by Gasteiger charge is -2.30. The highest BCUT2D eigenvalue weighted by molar-refractivity contribution is 7.89. The maximum Gasteiger partial charge on any atom is 0.244 e. The molecule has 1 aromatic rings. The molecule has 2 rings (SSSR count). The van der Waals surface area contributed by atoms with Crippen molar-refractivity contribution in [1.29, 1.82) is 0 Å². The smallest absolute Gasteiger partial charge is 0.244 e. The molecule has 1 aliphatic rings. The van der Waals surface area contributed by atoms with E-state index in [-0.39, 0.29) is 0 Å². The molecule has 1 aliphatic heterocycles. The topological polar surface area (TPSA) is 54.3 Å². The fraction of sp³-hybridized carbons (Fsp3) is 0.733.